The SMILES string of the molecule is CC(CN=[N+]=[N-])Cc1ccccc1. The first kappa shape index (κ1) is 9.62. The third kappa shape index (κ3) is 3.63. The molecule has 0 amide bonds. The van der Waals surface area contributed by atoms with Gasteiger partial charge < -0.3 is 0 Å². The Labute approximate surface area is 78.0 Å². The van der Waals surface area contributed by atoms with E-state index in [1.165, 1.54) is 5.56 Å². The van der Waals surface area contributed by atoms with E-state index in [1.807, 2.05) is 18.2 Å². The first-order valence-corrected chi connectivity index (χ1v) is 4.37. The van der Waals surface area contributed by atoms with E-state index < -0.39 is 0 Å². The Morgan fingerprint density at radius 1 is 1.38 bits per heavy atom. The zero-order chi connectivity index (χ0) is 9.52. The molecule has 0 fully saturated rings. The minimum absolute atomic E-state index is 0.415. The van der Waals surface area contributed by atoms with Crippen molar-refractivity contribution in [2.45, 2.75) is 13.3 Å². The summed E-state index contributed by atoms with van der Waals surface area (Å²) in [5, 5.41) is 3.55. The van der Waals surface area contributed by atoms with Crippen LogP contribution in [-0.2, 0) is 6.42 Å². The second kappa shape index (κ2) is 5.22. The summed E-state index contributed by atoms with van der Waals surface area (Å²) in [6.45, 7) is 2.66. The first-order valence-electron chi connectivity index (χ1n) is 4.37. The molecular formula is C10H13N3. The van der Waals surface area contributed by atoms with E-state index in [2.05, 4.69) is 29.1 Å². The van der Waals surface area contributed by atoms with Gasteiger partial charge in [0.05, 0.1) is 0 Å². The van der Waals surface area contributed by atoms with Crippen molar-refractivity contribution < 1.29 is 0 Å². The van der Waals surface area contributed by atoms with Crippen molar-refractivity contribution in [1.29, 1.82) is 0 Å². The summed E-state index contributed by atoms with van der Waals surface area (Å²) in [6, 6.07) is 10.2. The zero-order valence-corrected chi connectivity index (χ0v) is 7.72. The number of rotatable bonds is 4. The van der Waals surface area contributed by atoms with Crippen LogP contribution in [0, 0.1) is 5.92 Å². The fraction of sp³-hybridized carbons (Fsp3) is 0.400. The van der Waals surface area contributed by atoms with E-state index in [-0.39, 0.29) is 0 Å². The lowest BCUT2D eigenvalue weighted by molar-refractivity contribution is 0.591. The maximum atomic E-state index is 8.14. The normalized spacial score (nSPS) is 11.8. The molecule has 1 aromatic carbocycles. The molecule has 0 saturated heterocycles. The lowest BCUT2D eigenvalue weighted by atomic mass is 10.0. The van der Waals surface area contributed by atoms with Crippen LogP contribution in [0.4, 0.5) is 0 Å². The predicted molar refractivity (Wildman–Crippen MR) is 53.3 cm³/mol. The van der Waals surface area contributed by atoms with Gasteiger partial charge in [-0.15, -0.1) is 0 Å². The molecule has 0 N–H and O–H groups in total. The fourth-order valence-corrected chi connectivity index (χ4v) is 1.26. The van der Waals surface area contributed by atoms with Crippen LogP contribution in [0.5, 0.6) is 0 Å². The van der Waals surface area contributed by atoms with E-state index in [9.17, 15) is 0 Å². The summed E-state index contributed by atoms with van der Waals surface area (Å²) in [6.07, 6.45) is 0.972. The highest BCUT2D eigenvalue weighted by Crippen LogP contribution is 2.08. The van der Waals surface area contributed by atoms with Gasteiger partial charge in [0.15, 0.2) is 0 Å². The monoisotopic (exact) mass is 175 g/mol. The summed E-state index contributed by atoms with van der Waals surface area (Å²) in [4.78, 5) is 2.74. The molecule has 1 aromatic rings. The molecule has 1 rings (SSSR count). The first-order chi connectivity index (χ1) is 6.33. The second-order valence-electron chi connectivity index (χ2n) is 3.21. The molecule has 1 unspecified atom stereocenters. The molecule has 1 atom stereocenters. The van der Waals surface area contributed by atoms with E-state index in [0.29, 0.717) is 12.5 Å². The van der Waals surface area contributed by atoms with Gasteiger partial charge in [0, 0.05) is 11.5 Å². The summed E-state index contributed by atoms with van der Waals surface area (Å²) in [7, 11) is 0. The maximum Gasteiger partial charge on any atom is 0.0286 e. The molecule has 0 aliphatic rings. The Kier molecular flexibility index (Phi) is 3.86. The highest BCUT2D eigenvalue weighted by molar-refractivity contribution is 5.15. The number of benzene rings is 1. The number of hydrogen-bond donors (Lipinski definition) is 0. The highest BCUT2D eigenvalue weighted by atomic mass is 15.1. The minimum Gasteiger partial charge on any atom is -0.0937 e. The van der Waals surface area contributed by atoms with Gasteiger partial charge in [-0.25, -0.2) is 0 Å². The van der Waals surface area contributed by atoms with Crippen LogP contribution >= 0.6 is 0 Å². The number of hydrogen-bond acceptors (Lipinski definition) is 1. The molecule has 0 aliphatic heterocycles. The Hall–Kier alpha value is -1.47. The van der Waals surface area contributed by atoms with Crippen LogP contribution in [0.25, 0.3) is 10.4 Å². The molecule has 0 aromatic heterocycles. The van der Waals surface area contributed by atoms with Crippen molar-refractivity contribution in [3.05, 3.63) is 46.3 Å². The van der Waals surface area contributed by atoms with Gasteiger partial charge in [0.1, 0.15) is 0 Å². The zero-order valence-electron chi connectivity index (χ0n) is 7.72. The molecule has 3 heteroatoms. The van der Waals surface area contributed by atoms with Gasteiger partial charge in [-0.3, -0.25) is 0 Å². The summed E-state index contributed by atoms with van der Waals surface area (Å²) in [5.74, 6) is 0.415. The Balaban J connectivity index is 2.45. The maximum absolute atomic E-state index is 8.14. The van der Waals surface area contributed by atoms with Crippen LogP contribution in [0.1, 0.15) is 12.5 Å². The van der Waals surface area contributed by atoms with Gasteiger partial charge in [-0.1, -0.05) is 42.4 Å². The van der Waals surface area contributed by atoms with Crippen molar-refractivity contribution >= 4 is 0 Å². The van der Waals surface area contributed by atoms with Crippen LogP contribution in [0.3, 0.4) is 0 Å². The number of azide groups is 1. The van der Waals surface area contributed by atoms with Gasteiger partial charge in [0.25, 0.3) is 0 Å². The largest absolute Gasteiger partial charge is 0.0937 e. The molecule has 0 radical (unpaired) electrons. The smallest absolute Gasteiger partial charge is 0.0286 e. The fourth-order valence-electron chi connectivity index (χ4n) is 1.26. The molecule has 13 heavy (non-hydrogen) atoms. The predicted octanol–water partition coefficient (Wildman–Crippen LogP) is 3.18. The third-order valence-electron chi connectivity index (χ3n) is 1.88. The van der Waals surface area contributed by atoms with Crippen LogP contribution in [-0.4, -0.2) is 6.54 Å². The minimum atomic E-state index is 0.415. The molecule has 3 nitrogen and oxygen atoms in total. The van der Waals surface area contributed by atoms with E-state index >= 15 is 0 Å². The molecule has 0 saturated carbocycles. The molecular weight excluding hydrogens is 162 g/mol. The molecule has 68 valence electrons. The van der Waals surface area contributed by atoms with Crippen molar-refractivity contribution in [3.8, 4) is 0 Å². The molecule has 0 spiro atoms. The highest BCUT2D eigenvalue weighted by Gasteiger charge is 2.00. The number of nitrogens with zero attached hydrogens (tertiary/aromatic N) is 3. The van der Waals surface area contributed by atoms with Gasteiger partial charge in [-0.05, 0) is 23.4 Å². The van der Waals surface area contributed by atoms with Crippen molar-refractivity contribution in [1.82, 2.24) is 0 Å². The van der Waals surface area contributed by atoms with Crippen molar-refractivity contribution in [2.75, 3.05) is 6.54 Å². The van der Waals surface area contributed by atoms with Gasteiger partial charge in [0.2, 0.25) is 0 Å². The summed E-state index contributed by atoms with van der Waals surface area (Å²) < 4.78 is 0. The molecule has 0 aliphatic carbocycles. The van der Waals surface area contributed by atoms with E-state index in [4.69, 9.17) is 5.53 Å². The Morgan fingerprint density at radius 3 is 2.69 bits per heavy atom. The molecule has 0 heterocycles. The Bertz CT molecular complexity index is 288. The average molecular weight is 175 g/mol. The van der Waals surface area contributed by atoms with Crippen LogP contribution in [0.2, 0.25) is 0 Å². The van der Waals surface area contributed by atoms with Crippen molar-refractivity contribution in [3.63, 3.8) is 0 Å². The topological polar surface area (TPSA) is 48.8 Å². The average Bonchev–Trinajstić information content (AvgIpc) is 2.16. The third-order valence-corrected chi connectivity index (χ3v) is 1.88. The standard InChI is InChI=1S/C10H13N3/c1-9(8-12-13-11)7-10-5-3-2-4-6-10/h2-6,9H,7-8H2,1H3. The Morgan fingerprint density at radius 2 is 2.08 bits per heavy atom. The van der Waals surface area contributed by atoms with Crippen LogP contribution < -0.4 is 0 Å². The van der Waals surface area contributed by atoms with Crippen LogP contribution in [0.15, 0.2) is 35.4 Å². The molecule has 0 bridgehead atoms. The van der Waals surface area contributed by atoms with E-state index in [1.54, 1.807) is 0 Å². The summed E-state index contributed by atoms with van der Waals surface area (Å²) in [5.41, 5.74) is 9.43. The van der Waals surface area contributed by atoms with Crippen molar-refractivity contribution in [2.24, 2.45) is 11.0 Å². The van der Waals surface area contributed by atoms with E-state index in [0.717, 1.165) is 6.42 Å². The van der Waals surface area contributed by atoms with Gasteiger partial charge in [-0.2, -0.15) is 0 Å². The lowest BCUT2D eigenvalue weighted by Crippen LogP contribution is -2.02. The lowest BCUT2D eigenvalue weighted by Gasteiger charge is -2.06. The summed E-state index contributed by atoms with van der Waals surface area (Å²) >= 11 is 0. The quantitative estimate of drug-likeness (QED) is 0.383. The second-order valence-corrected chi connectivity index (χ2v) is 3.21. The van der Waals surface area contributed by atoms with Gasteiger partial charge >= 0.3 is 0 Å².